The summed E-state index contributed by atoms with van der Waals surface area (Å²) in [6.45, 7) is 2.10. The van der Waals surface area contributed by atoms with E-state index in [1.165, 1.54) is 18.4 Å². The zero-order valence-corrected chi connectivity index (χ0v) is 12.6. The zero-order valence-electron chi connectivity index (χ0n) is 11.8. The lowest BCUT2D eigenvalue weighted by Gasteiger charge is -2.30. The van der Waals surface area contributed by atoms with E-state index >= 15 is 0 Å². The summed E-state index contributed by atoms with van der Waals surface area (Å²) >= 11 is 1.39. The number of H-pyrrole nitrogens is 1. The predicted octanol–water partition coefficient (Wildman–Crippen LogP) is 1.37. The van der Waals surface area contributed by atoms with Crippen molar-refractivity contribution in [2.45, 2.75) is 19.4 Å². The van der Waals surface area contributed by atoms with E-state index in [2.05, 4.69) is 14.9 Å². The SMILES string of the molecule is COC(=O)C1CCCN(Cc2nc3ccsc3c(=O)[nH]2)C1. The van der Waals surface area contributed by atoms with Gasteiger partial charge in [0.05, 0.1) is 25.1 Å². The number of nitrogens with one attached hydrogen (secondary N) is 1. The second-order valence-electron chi connectivity index (χ2n) is 5.25. The van der Waals surface area contributed by atoms with E-state index in [1.807, 2.05) is 11.4 Å². The highest BCUT2D eigenvalue weighted by atomic mass is 32.1. The van der Waals surface area contributed by atoms with Gasteiger partial charge >= 0.3 is 5.97 Å². The quantitative estimate of drug-likeness (QED) is 0.867. The van der Waals surface area contributed by atoms with Crippen molar-refractivity contribution in [2.24, 2.45) is 5.92 Å². The number of thiophene rings is 1. The van der Waals surface area contributed by atoms with Gasteiger partial charge in [0.1, 0.15) is 10.5 Å². The third-order valence-electron chi connectivity index (χ3n) is 3.78. The molecule has 3 rings (SSSR count). The van der Waals surface area contributed by atoms with Gasteiger partial charge in [0.15, 0.2) is 0 Å². The van der Waals surface area contributed by atoms with Crippen LogP contribution in [-0.2, 0) is 16.1 Å². The summed E-state index contributed by atoms with van der Waals surface area (Å²) in [5, 5.41) is 1.87. The summed E-state index contributed by atoms with van der Waals surface area (Å²) in [4.78, 5) is 33.0. The number of carbonyl (C=O) groups is 1. The Balaban J connectivity index is 1.75. The average Bonchev–Trinajstić information content (AvgIpc) is 2.95. The highest BCUT2D eigenvalue weighted by Gasteiger charge is 2.26. The average molecular weight is 307 g/mol. The summed E-state index contributed by atoms with van der Waals surface area (Å²) < 4.78 is 5.47. The minimum absolute atomic E-state index is 0.0830. The Labute approximate surface area is 125 Å². The first-order chi connectivity index (χ1) is 10.2. The number of hydrogen-bond acceptors (Lipinski definition) is 6. The van der Waals surface area contributed by atoms with E-state index in [0.717, 1.165) is 24.9 Å². The van der Waals surface area contributed by atoms with E-state index < -0.39 is 0 Å². The van der Waals surface area contributed by atoms with Crippen LogP contribution in [0.4, 0.5) is 0 Å². The molecule has 0 radical (unpaired) electrons. The monoisotopic (exact) mass is 307 g/mol. The largest absolute Gasteiger partial charge is 0.469 e. The second kappa shape index (κ2) is 5.95. The van der Waals surface area contributed by atoms with Gasteiger partial charge in [0.2, 0.25) is 0 Å². The lowest BCUT2D eigenvalue weighted by atomic mass is 9.98. The lowest BCUT2D eigenvalue weighted by Crippen LogP contribution is -2.39. The maximum atomic E-state index is 11.9. The number of nitrogens with zero attached hydrogens (tertiary/aromatic N) is 2. The highest BCUT2D eigenvalue weighted by Crippen LogP contribution is 2.19. The molecule has 21 heavy (non-hydrogen) atoms. The number of rotatable bonds is 3. The molecule has 0 aromatic carbocycles. The smallest absolute Gasteiger partial charge is 0.309 e. The van der Waals surface area contributed by atoms with Crippen LogP contribution in [0.5, 0.6) is 0 Å². The van der Waals surface area contributed by atoms with E-state index in [-0.39, 0.29) is 17.4 Å². The topological polar surface area (TPSA) is 75.3 Å². The van der Waals surface area contributed by atoms with Crippen LogP contribution in [0.2, 0.25) is 0 Å². The molecular weight excluding hydrogens is 290 g/mol. The Morgan fingerprint density at radius 2 is 2.48 bits per heavy atom. The minimum atomic E-state index is -0.158. The number of fused-ring (bicyclic) bond motifs is 1. The van der Waals surface area contributed by atoms with Gasteiger partial charge in [-0.2, -0.15) is 0 Å². The number of piperidine rings is 1. The number of aromatic nitrogens is 2. The summed E-state index contributed by atoms with van der Waals surface area (Å²) in [5.41, 5.74) is 0.645. The number of hydrogen-bond donors (Lipinski definition) is 1. The van der Waals surface area contributed by atoms with Crippen molar-refractivity contribution in [3.8, 4) is 0 Å². The molecule has 1 saturated heterocycles. The number of likely N-dealkylation sites (tertiary alicyclic amines) is 1. The fourth-order valence-corrected chi connectivity index (χ4v) is 3.49. The van der Waals surface area contributed by atoms with E-state index in [4.69, 9.17) is 4.74 Å². The molecule has 2 aromatic heterocycles. The number of esters is 1. The molecule has 0 spiro atoms. The summed E-state index contributed by atoms with van der Waals surface area (Å²) in [7, 11) is 1.42. The molecule has 7 heteroatoms. The van der Waals surface area contributed by atoms with Gasteiger partial charge < -0.3 is 9.72 Å². The van der Waals surface area contributed by atoms with Crippen molar-refractivity contribution in [2.75, 3.05) is 20.2 Å². The molecule has 0 amide bonds. The van der Waals surface area contributed by atoms with Gasteiger partial charge in [-0.15, -0.1) is 11.3 Å². The van der Waals surface area contributed by atoms with Crippen molar-refractivity contribution in [3.05, 3.63) is 27.6 Å². The van der Waals surface area contributed by atoms with Crippen LogP contribution in [-0.4, -0.2) is 41.0 Å². The Morgan fingerprint density at radius 3 is 3.29 bits per heavy atom. The fourth-order valence-electron chi connectivity index (χ4n) is 2.77. The number of carbonyl (C=O) groups excluding carboxylic acids is 1. The molecule has 1 aliphatic heterocycles. The third-order valence-corrected chi connectivity index (χ3v) is 4.68. The van der Waals surface area contributed by atoms with E-state index in [0.29, 0.717) is 23.6 Å². The van der Waals surface area contributed by atoms with Crippen LogP contribution in [0.25, 0.3) is 10.2 Å². The van der Waals surface area contributed by atoms with Crippen molar-refractivity contribution < 1.29 is 9.53 Å². The Morgan fingerprint density at radius 1 is 1.62 bits per heavy atom. The van der Waals surface area contributed by atoms with Crippen molar-refractivity contribution in [1.82, 2.24) is 14.9 Å². The maximum Gasteiger partial charge on any atom is 0.309 e. The molecule has 0 aliphatic carbocycles. The molecule has 1 N–H and O–H groups in total. The van der Waals surface area contributed by atoms with E-state index in [1.54, 1.807) is 0 Å². The standard InChI is InChI=1S/C14H17N3O3S/c1-20-14(19)9-3-2-5-17(7-9)8-11-15-10-4-6-21-12(10)13(18)16-11/h4,6,9H,2-3,5,7-8H2,1H3,(H,15,16,18). The Hall–Kier alpha value is -1.73. The van der Waals surface area contributed by atoms with Crippen molar-refractivity contribution >= 4 is 27.5 Å². The first-order valence-corrected chi connectivity index (χ1v) is 7.82. The van der Waals surface area contributed by atoms with Gasteiger partial charge in [-0.3, -0.25) is 14.5 Å². The van der Waals surface area contributed by atoms with Crippen LogP contribution in [0.3, 0.4) is 0 Å². The molecule has 1 unspecified atom stereocenters. The molecule has 3 heterocycles. The molecule has 1 aliphatic rings. The zero-order chi connectivity index (χ0) is 14.8. The number of ether oxygens (including phenoxy) is 1. The first-order valence-electron chi connectivity index (χ1n) is 6.94. The third kappa shape index (κ3) is 2.98. The van der Waals surface area contributed by atoms with Crippen molar-refractivity contribution in [1.29, 1.82) is 0 Å². The van der Waals surface area contributed by atoms with Crippen LogP contribution < -0.4 is 5.56 Å². The number of methoxy groups -OCH3 is 1. The molecule has 0 saturated carbocycles. The van der Waals surface area contributed by atoms with Gasteiger partial charge in [0, 0.05) is 6.54 Å². The Bertz CT molecular complexity index is 709. The van der Waals surface area contributed by atoms with Gasteiger partial charge in [-0.1, -0.05) is 0 Å². The summed E-state index contributed by atoms with van der Waals surface area (Å²) in [6, 6.07) is 1.85. The normalized spacial score (nSPS) is 19.8. The van der Waals surface area contributed by atoms with E-state index in [9.17, 15) is 9.59 Å². The molecule has 0 bridgehead atoms. The first kappa shape index (κ1) is 14.2. The summed E-state index contributed by atoms with van der Waals surface area (Å²) in [6.07, 6.45) is 1.81. The molecular formula is C14H17N3O3S. The Kier molecular flexibility index (Phi) is 4.03. The van der Waals surface area contributed by atoms with Gasteiger partial charge in [-0.05, 0) is 30.8 Å². The van der Waals surface area contributed by atoms with Crippen LogP contribution in [0.1, 0.15) is 18.7 Å². The molecule has 2 aromatic rings. The van der Waals surface area contributed by atoms with Gasteiger partial charge in [-0.25, -0.2) is 4.98 Å². The van der Waals surface area contributed by atoms with Crippen LogP contribution >= 0.6 is 11.3 Å². The van der Waals surface area contributed by atoms with Crippen LogP contribution in [0, 0.1) is 5.92 Å². The lowest BCUT2D eigenvalue weighted by molar-refractivity contribution is -0.147. The van der Waals surface area contributed by atoms with Crippen molar-refractivity contribution in [3.63, 3.8) is 0 Å². The van der Waals surface area contributed by atoms with Crippen LogP contribution in [0.15, 0.2) is 16.2 Å². The minimum Gasteiger partial charge on any atom is -0.469 e. The molecule has 1 fully saturated rings. The fraction of sp³-hybridized carbons (Fsp3) is 0.500. The predicted molar refractivity (Wildman–Crippen MR) is 80.3 cm³/mol. The maximum absolute atomic E-state index is 11.9. The molecule has 6 nitrogen and oxygen atoms in total. The second-order valence-corrected chi connectivity index (χ2v) is 6.16. The van der Waals surface area contributed by atoms with Gasteiger partial charge in [0.25, 0.3) is 5.56 Å². The molecule has 112 valence electrons. The molecule has 1 atom stereocenters. The summed E-state index contributed by atoms with van der Waals surface area (Å²) in [5.74, 6) is 0.409. The number of aromatic amines is 1. The highest BCUT2D eigenvalue weighted by molar-refractivity contribution is 7.17.